The molecule has 2 N–H and O–H groups in total. The van der Waals surface area contributed by atoms with Crippen LogP contribution in [0, 0.1) is 6.92 Å². The molecule has 0 atom stereocenters. The molecular weight excluding hydrogens is 290 g/mol. The minimum atomic E-state index is -0.198. The summed E-state index contributed by atoms with van der Waals surface area (Å²) in [6, 6.07) is 8.21. The van der Waals surface area contributed by atoms with Gasteiger partial charge in [-0.1, -0.05) is 24.3 Å². The van der Waals surface area contributed by atoms with Crippen LogP contribution in [-0.4, -0.2) is 34.0 Å². The summed E-state index contributed by atoms with van der Waals surface area (Å²) in [5.74, 6) is -0.198. The number of aromatic nitrogens is 3. The predicted octanol–water partition coefficient (Wildman–Crippen LogP) is 2.33. The summed E-state index contributed by atoms with van der Waals surface area (Å²) in [5.41, 5.74) is 3.23. The van der Waals surface area contributed by atoms with Crippen LogP contribution in [0.1, 0.15) is 47.6 Å². The summed E-state index contributed by atoms with van der Waals surface area (Å²) < 4.78 is 1.90. The van der Waals surface area contributed by atoms with E-state index in [2.05, 4.69) is 27.9 Å². The summed E-state index contributed by atoms with van der Waals surface area (Å²) in [6.45, 7) is 5.97. The van der Waals surface area contributed by atoms with Gasteiger partial charge in [0, 0.05) is 5.69 Å². The molecule has 2 heterocycles. The highest BCUT2D eigenvalue weighted by Crippen LogP contribution is 2.21. The highest BCUT2D eigenvalue weighted by molar-refractivity contribution is 6.03. The molecule has 0 saturated carbocycles. The molecule has 1 aromatic heterocycles. The number of nitrogens with zero attached hydrogens (tertiary/aromatic N) is 3. The van der Waals surface area contributed by atoms with E-state index in [1.807, 2.05) is 35.9 Å². The number of anilines is 1. The van der Waals surface area contributed by atoms with Gasteiger partial charge in [-0.2, -0.15) is 0 Å². The van der Waals surface area contributed by atoms with Gasteiger partial charge in [-0.3, -0.25) is 4.79 Å². The minimum Gasteiger partial charge on any atom is -0.321 e. The van der Waals surface area contributed by atoms with Crippen LogP contribution in [-0.2, 0) is 6.42 Å². The van der Waals surface area contributed by atoms with Crippen molar-refractivity contribution < 1.29 is 4.79 Å². The molecule has 1 aromatic carbocycles. The number of carbonyl (C=O) groups excluding carboxylic acids is 1. The van der Waals surface area contributed by atoms with Crippen molar-refractivity contribution in [3.05, 3.63) is 41.2 Å². The number of rotatable bonds is 4. The van der Waals surface area contributed by atoms with Crippen LogP contribution in [0.4, 0.5) is 5.69 Å². The van der Waals surface area contributed by atoms with Crippen LogP contribution < -0.4 is 10.6 Å². The number of carbonyl (C=O) groups is 1. The Morgan fingerprint density at radius 2 is 2.17 bits per heavy atom. The molecule has 23 heavy (non-hydrogen) atoms. The Morgan fingerprint density at radius 3 is 2.91 bits per heavy atom. The van der Waals surface area contributed by atoms with Gasteiger partial charge in [0.15, 0.2) is 5.69 Å². The highest BCUT2D eigenvalue weighted by atomic mass is 16.2. The van der Waals surface area contributed by atoms with Gasteiger partial charge in [-0.25, -0.2) is 4.68 Å². The van der Waals surface area contributed by atoms with Gasteiger partial charge < -0.3 is 10.6 Å². The van der Waals surface area contributed by atoms with Crippen LogP contribution in [0.3, 0.4) is 0 Å². The molecule has 6 nitrogen and oxygen atoms in total. The maximum absolute atomic E-state index is 12.5. The molecule has 2 aromatic rings. The third-order valence-electron chi connectivity index (χ3n) is 4.39. The van der Waals surface area contributed by atoms with Gasteiger partial charge >= 0.3 is 0 Å². The van der Waals surface area contributed by atoms with Crippen molar-refractivity contribution in [3.8, 4) is 0 Å². The lowest BCUT2D eigenvalue weighted by atomic mass is 10.1. The topological polar surface area (TPSA) is 71.8 Å². The van der Waals surface area contributed by atoms with Crippen LogP contribution in [0.15, 0.2) is 24.3 Å². The van der Waals surface area contributed by atoms with Gasteiger partial charge in [-0.05, 0) is 57.0 Å². The van der Waals surface area contributed by atoms with Gasteiger partial charge in [0.1, 0.15) is 0 Å². The number of amides is 1. The maximum Gasteiger partial charge on any atom is 0.278 e. The fourth-order valence-corrected chi connectivity index (χ4v) is 3.01. The number of hydrogen-bond donors (Lipinski definition) is 2. The van der Waals surface area contributed by atoms with Crippen molar-refractivity contribution in [2.75, 3.05) is 18.4 Å². The monoisotopic (exact) mass is 313 g/mol. The van der Waals surface area contributed by atoms with E-state index in [-0.39, 0.29) is 5.91 Å². The third kappa shape index (κ3) is 3.42. The zero-order valence-electron chi connectivity index (χ0n) is 13.7. The molecule has 1 aliphatic rings. The van der Waals surface area contributed by atoms with E-state index in [1.54, 1.807) is 0 Å². The van der Waals surface area contributed by atoms with E-state index in [4.69, 9.17) is 0 Å². The molecule has 0 bridgehead atoms. The summed E-state index contributed by atoms with van der Waals surface area (Å²) in [4.78, 5) is 12.5. The van der Waals surface area contributed by atoms with Gasteiger partial charge in [0.25, 0.3) is 5.91 Å². The molecular formula is C17H23N5O. The molecule has 0 radical (unpaired) electrons. The van der Waals surface area contributed by atoms with Crippen molar-refractivity contribution >= 4 is 11.6 Å². The number of aryl methyl sites for hydroxylation is 1. The molecule has 0 spiro atoms. The van der Waals surface area contributed by atoms with Crippen molar-refractivity contribution in [3.63, 3.8) is 0 Å². The van der Waals surface area contributed by atoms with E-state index < -0.39 is 0 Å². The number of nitrogens with one attached hydrogen (secondary N) is 2. The zero-order valence-corrected chi connectivity index (χ0v) is 13.7. The normalized spacial score (nSPS) is 15.6. The average Bonchev–Trinajstić information content (AvgIpc) is 2.97. The predicted molar refractivity (Wildman–Crippen MR) is 89.7 cm³/mol. The average molecular weight is 313 g/mol. The van der Waals surface area contributed by atoms with Crippen molar-refractivity contribution in [1.82, 2.24) is 20.3 Å². The summed E-state index contributed by atoms with van der Waals surface area (Å²) in [7, 11) is 0. The zero-order chi connectivity index (χ0) is 16.2. The Morgan fingerprint density at radius 1 is 1.39 bits per heavy atom. The van der Waals surface area contributed by atoms with E-state index in [1.165, 1.54) is 5.56 Å². The van der Waals surface area contributed by atoms with Crippen LogP contribution in [0.2, 0.25) is 0 Å². The van der Waals surface area contributed by atoms with Gasteiger partial charge in [0.2, 0.25) is 0 Å². The Kier molecular flexibility index (Phi) is 4.71. The van der Waals surface area contributed by atoms with Crippen molar-refractivity contribution in [2.24, 2.45) is 0 Å². The van der Waals surface area contributed by atoms with E-state index in [0.29, 0.717) is 11.7 Å². The second kappa shape index (κ2) is 6.91. The van der Waals surface area contributed by atoms with E-state index in [9.17, 15) is 4.79 Å². The third-order valence-corrected chi connectivity index (χ3v) is 4.39. The molecule has 1 amide bonds. The van der Waals surface area contributed by atoms with Crippen molar-refractivity contribution in [1.29, 1.82) is 0 Å². The van der Waals surface area contributed by atoms with Crippen LogP contribution in [0.5, 0.6) is 0 Å². The Hall–Kier alpha value is -2.21. The summed E-state index contributed by atoms with van der Waals surface area (Å²) in [5, 5.41) is 14.6. The Balaban J connectivity index is 1.75. The largest absolute Gasteiger partial charge is 0.321 e. The van der Waals surface area contributed by atoms with E-state index in [0.717, 1.165) is 43.7 Å². The summed E-state index contributed by atoms with van der Waals surface area (Å²) >= 11 is 0. The molecule has 1 aliphatic heterocycles. The van der Waals surface area contributed by atoms with Crippen LogP contribution in [0.25, 0.3) is 0 Å². The molecule has 0 aliphatic carbocycles. The molecule has 0 unspecified atom stereocenters. The van der Waals surface area contributed by atoms with E-state index >= 15 is 0 Å². The SMILES string of the molecule is CCc1cccc(NC(=O)c2nnn(C3CCNCC3)c2C)c1. The smallest absolute Gasteiger partial charge is 0.278 e. The number of benzene rings is 1. The molecule has 122 valence electrons. The fourth-order valence-electron chi connectivity index (χ4n) is 3.01. The molecule has 1 fully saturated rings. The lowest BCUT2D eigenvalue weighted by Gasteiger charge is -2.23. The second-order valence-electron chi connectivity index (χ2n) is 5.96. The highest BCUT2D eigenvalue weighted by Gasteiger charge is 2.22. The number of piperidine rings is 1. The lowest BCUT2D eigenvalue weighted by molar-refractivity contribution is 0.102. The molecule has 6 heteroatoms. The second-order valence-corrected chi connectivity index (χ2v) is 5.96. The quantitative estimate of drug-likeness (QED) is 0.909. The van der Waals surface area contributed by atoms with Gasteiger partial charge in [-0.15, -0.1) is 5.10 Å². The van der Waals surface area contributed by atoms with Crippen LogP contribution >= 0.6 is 0 Å². The summed E-state index contributed by atoms with van der Waals surface area (Å²) in [6.07, 6.45) is 2.97. The number of hydrogen-bond acceptors (Lipinski definition) is 4. The van der Waals surface area contributed by atoms with Crippen molar-refractivity contribution in [2.45, 2.75) is 39.2 Å². The first-order chi connectivity index (χ1) is 11.2. The molecule has 1 saturated heterocycles. The maximum atomic E-state index is 12.5. The Bertz CT molecular complexity index is 688. The van der Waals surface area contributed by atoms with Gasteiger partial charge in [0.05, 0.1) is 11.7 Å². The Labute approximate surface area is 136 Å². The first-order valence-electron chi connectivity index (χ1n) is 8.22. The lowest BCUT2D eigenvalue weighted by Crippen LogP contribution is -2.30. The molecule has 3 rings (SSSR count). The first-order valence-corrected chi connectivity index (χ1v) is 8.22. The minimum absolute atomic E-state index is 0.198. The standard InChI is InChI=1S/C17H23N5O/c1-3-13-5-4-6-14(11-13)19-17(23)16-12(2)22(21-20-16)15-7-9-18-10-8-15/h4-6,11,15,18H,3,7-10H2,1-2H3,(H,19,23). The fraction of sp³-hybridized carbons (Fsp3) is 0.471. The first kappa shape index (κ1) is 15.7.